The molecule has 186 valence electrons. The fourth-order valence-corrected chi connectivity index (χ4v) is 5.52. The van der Waals surface area contributed by atoms with Gasteiger partial charge in [-0.2, -0.15) is 0 Å². The van der Waals surface area contributed by atoms with Crippen molar-refractivity contribution in [3.05, 3.63) is 76.4 Å². The first-order chi connectivity index (χ1) is 15.5. The van der Waals surface area contributed by atoms with E-state index < -0.39 is 11.2 Å². The average molecular weight is 465 g/mol. The molecule has 3 nitrogen and oxygen atoms in total. The zero-order valence-electron chi connectivity index (χ0n) is 22.5. The van der Waals surface area contributed by atoms with Crippen molar-refractivity contribution >= 4 is 0 Å². The van der Waals surface area contributed by atoms with E-state index in [9.17, 15) is 15.3 Å². The Morgan fingerprint density at radius 2 is 1.06 bits per heavy atom. The Hall–Kier alpha value is -2.10. The molecule has 3 N–H and O–H groups in total. The fraction of sp³-hybridized carbons (Fsp3) is 0.548. The van der Waals surface area contributed by atoms with Crippen LogP contribution in [0.2, 0.25) is 0 Å². The first-order valence-electron chi connectivity index (χ1n) is 12.5. The molecule has 0 aliphatic heterocycles. The number of aliphatic hydroxyl groups is 2. The van der Waals surface area contributed by atoms with Gasteiger partial charge in [-0.3, -0.25) is 0 Å². The molecule has 0 fully saturated rings. The van der Waals surface area contributed by atoms with E-state index in [1.807, 2.05) is 57.2 Å². The van der Waals surface area contributed by atoms with Crippen LogP contribution >= 0.6 is 0 Å². The highest BCUT2D eigenvalue weighted by molar-refractivity contribution is 5.46. The Morgan fingerprint density at radius 1 is 0.706 bits per heavy atom. The van der Waals surface area contributed by atoms with Gasteiger partial charge in [-0.25, -0.2) is 0 Å². The van der Waals surface area contributed by atoms with E-state index in [1.54, 1.807) is 0 Å². The van der Waals surface area contributed by atoms with Crippen molar-refractivity contribution in [2.75, 3.05) is 0 Å². The van der Waals surface area contributed by atoms with Crippen LogP contribution in [0.15, 0.2) is 59.7 Å². The number of phenols is 1. The first kappa shape index (κ1) is 26.5. The molecular weight excluding hydrogens is 420 g/mol. The summed E-state index contributed by atoms with van der Waals surface area (Å²) < 4.78 is 0. The zero-order valence-corrected chi connectivity index (χ0v) is 22.5. The van der Waals surface area contributed by atoms with Gasteiger partial charge in [0.2, 0.25) is 0 Å². The molecule has 0 radical (unpaired) electrons. The fourth-order valence-electron chi connectivity index (χ4n) is 5.52. The lowest BCUT2D eigenvalue weighted by atomic mass is 9.64. The Kier molecular flexibility index (Phi) is 6.89. The summed E-state index contributed by atoms with van der Waals surface area (Å²) >= 11 is 0. The van der Waals surface area contributed by atoms with Crippen LogP contribution in [0.5, 0.6) is 5.75 Å². The Labute approximate surface area is 206 Å². The lowest BCUT2D eigenvalue weighted by Crippen LogP contribution is -2.49. The van der Waals surface area contributed by atoms with Crippen LogP contribution in [-0.2, 0) is 12.8 Å². The molecule has 0 spiro atoms. The van der Waals surface area contributed by atoms with Crippen LogP contribution < -0.4 is 0 Å². The number of phenolic OH excluding ortho intramolecular Hbond substituents is 1. The molecule has 0 saturated carbocycles. The van der Waals surface area contributed by atoms with Crippen LogP contribution in [0, 0.1) is 29.6 Å². The molecule has 3 heteroatoms. The second-order valence-electron chi connectivity index (χ2n) is 12.7. The number of hydrogen-bond acceptors (Lipinski definition) is 3. The summed E-state index contributed by atoms with van der Waals surface area (Å²) in [7, 11) is 0. The number of allylic oxidation sites excluding steroid dienone is 4. The molecular formula is C31H44O3. The summed E-state index contributed by atoms with van der Waals surface area (Å²) in [5.41, 5.74) is 2.27. The third kappa shape index (κ3) is 4.83. The number of benzene rings is 1. The second-order valence-corrected chi connectivity index (χ2v) is 12.7. The van der Waals surface area contributed by atoms with Gasteiger partial charge in [0.25, 0.3) is 0 Å². The van der Waals surface area contributed by atoms with E-state index in [-0.39, 0.29) is 28.4 Å². The van der Waals surface area contributed by atoms with E-state index in [0.717, 1.165) is 27.8 Å². The molecule has 0 bridgehead atoms. The van der Waals surface area contributed by atoms with Gasteiger partial charge in [-0.1, -0.05) is 107 Å². The second kappa shape index (κ2) is 8.84. The minimum absolute atomic E-state index is 0.149. The van der Waals surface area contributed by atoms with E-state index in [0.29, 0.717) is 12.8 Å². The molecule has 1 aromatic carbocycles. The van der Waals surface area contributed by atoms with Crippen LogP contribution in [0.1, 0.15) is 72.1 Å². The predicted octanol–water partition coefficient (Wildman–Crippen LogP) is 6.60. The molecule has 4 unspecified atom stereocenters. The Bertz CT molecular complexity index is 976. The lowest BCUT2D eigenvalue weighted by molar-refractivity contribution is -0.0499. The monoisotopic (exact) mass is 464 g/mol. The topological polar surface area (TPSA) is 60.7 Å². The molecule has 2 aliphatic carbocycles. The molecule has 0 heterocycles. The summed E-state index contributed by atoms with van der Waals surface area (Å²) in [5.74, 6) is -0.0204. The summed E-state index contributed by atoms with van der Waals surface area (Å²) in [5, 5.41) is 34.7. The quantitative estimate of drug-likeness (QED) is 0.470. The molecule has 2 aliphatic rings. The molecule has 0 aromatic heterocycles. The van der Waals surface area contributed by atoms with Gasteiger partial charge < -0.3 is 15.3 Å². The zero-order chi connectivity index (χ0) is 25.7. The summed E-state index contributed by atoms with van der Waals surface area (Å²) in [6.07, 6.45) is 13.2. The first-order valence-corrected chi connectivity index (χ1v) is 12.5. The predicted molar refractivity (Wildman–Crippen MR) is 142 cm³/mol. The van der Waals surface area contributed by atoms with Gasteiger partial charge in [0.05, 0.1) is 11.2 Å². The highest BCUT2D eigenvalue weighted by Gasteiger charge is 2.46. The summed E-state index contributed by atoms with van der Waals surface area (Å²) in [4.78, 5) is 0. The van der Waals surface area contributed by atoms with Crippen molar-refractivity contribution in [2.45, 2.75) is 86.4 Å². The molecule has 3 rings (SSSR count). The van der Waals surface area contributed by atoms with Crippen LogP contribution in [0.3, 0.4) is 0 Å². The minimum Gasteiger partial charge on any atom is -0.507 e. The van der Waals surface area contributed by atoms with Crippen molar-refractivity contribution in [3.63, 3.8) is 0 Å². The maximum atomic E-state index is 11.7. The van der Waals surface area contributed by atoms with Crippen molar-refractivity contribution in [1.29, 1.82) is 0 Å². The molecule has 34 heavy (non-hydrogen) atoms. The van der Waals surface area contributed by atoms with Crippen molar-refractivity contribution in [3.8, 4) is 5.75 Å². The molecule has 0 saturated heterocycles. The highest BCUT2D eigenvalue weighted by atomic mass is 16.3. The van der Waals surface area contributed by atoms with Crippen LogP contribution in [-0.4, -0.2) is 26.5 Å². The van der Waals surface area contributed by atoms with E-state index in [4.69, 9.17) is 0 Å². The molecule has 4 atom stereocenters. The van der Waals surface area contributed by atoms with Crippen LogP contribution in [0.25, 0.3) is 0 Å². The lowest BCUT2D eigenvalue weighted by Gasteiger charge is -2.45. The Balaban J connectivity index is 2.00. The third-order valence-corrected chi connectivity index (χ3v) is 7.95. The maximum Gasteiger partial charge on any atom is 0.122 e. The van der Waals surface area contributed by atoms with Crippen molar-refractivity contribution in [1.82, 2.24) is 0 Å². The average Bonchev–Trinajstić information content (AvgIpc) is 2.69. The van der Waals surface area contributed by atoms with Crippen molar-refractivity contribution in [2.24, 2.45) is 22.7 Å². The van der Waals surface area contributed by atoms with E-state index >= 15 is 0 Å². The summed E-state index contributed by atoms with van der Waals surface area (Å²) in [6, 6.07) is 4.06. The number of hydrogen-bond donors (Lipinski definition) is 3. The van der Waals surface area contributed by atoms with Gasteiger partial charge >= 0.3 is 0 Å². The van der Waals surface area contributed by atoms with Crippen LogP contribution in [0.4, 0.5) is 0 Å². The number of rotatable bonds is 4. The smallest absolute Gasteiger partial charge is 0.122 e. The van der Waals surface area contributed by atoms with E-state index in [1.165, 1.54) is 0 Å². The number of aromatic hydroxyl groups is 1. The normalized spacial score (nSPS) is 29.7. The highest BCUT2D eigenvalue weighted by Crippen LogP contribution is 2.46. The van der Waals surface area contributed by atoms with Gasteiger partial charge in [0.1, 0.15) is 5.75 Å². The Morgan fingerprint density at radius 3 is 1.38 bits per heavy atom. The SMILES string of the molecule is CC1=CC(Cc2cc(C)cc(CC3C=C(C)C=CC3(O)C(C)(C)C)c2O)C(O)(C(C)(C)C)C=C1. The largest absolute Gasteiger partial charge is 0.507 e. The van der Waals surface area contributed by atoms with Gasteiger partial charge in [-0.05, 0) is 55.6 Å². The minimum atomic E-state index is -1.01. The molecule has 1 aromatic rings. The standard InChI is InChI=1S/C31H44O3/c1-20-10-12-30(33,28(4,5)6)25(16-20)18-23-14-22(3)15-24(27(23)32)19-26-17-21(2)11-13-31(26,34)29(7,8)9/h10-17,25-26,32-34H,18-19H2,1-9H3. The summed E-state index contributed by atoms with van der Waals surface area (Å²) in [6.45, 7) is 18.5. The van der Waals surface area contributed by atoms with Gasteiger partial charge in [0, 0.05) is 11.8 Å². The number of aryl methyl sites for hydroxylation is 1. The van der Waals surface area contributed by atoms with Crippen molar-refractivity contribution < 1.29 is 15.3 Å². The van der Waals surface area contributed by atoms with E-state index in [2.05, 4.69) is 53.7 Å². The maximum absolute atomic E-state index is 11.7. The third-order valence-electron chi connectivity index (χ3n) is 7.95. The van der Waals surface area contributed by atoms with Gasteiger partial charge in [-0.15, -0.1) is 0 Å². The molecule has 0 amide bonds. The van der Waals surface area contributed by atoms with Gasteiger partial charge in [0.15, 0.2) is 0 Å².